The molecule has 2 N–H and O–H groups in total. The fourth-order valence-corrected chi connectivity index (χ4v) is 3.26. The number of carbonyl (C=O) groups excluding carboxylic acids is 1. The minimum absolute atomic E-state index is 0.0157. The number of hydrogen-bond acceptors (Lipinski definition) is 3. The quantitative estimate of drug-likeness (QED) is 0.781. The summed E-state index contributed by atoms with van der Waals surface area (Å²) in [7, 11) is 0. The van der Waals surface area contributed by atoms with Gasteiger partial charge in [0.05, 0.1) is 23.4 Å². The Morgan fingerprint density at radius 2 is 1.82 bits per heavy atom. The molecule has 0 radical (unpaired) electrons. The minimum Gasteiger partial charge on any atom is -0.481 e. The van der Waals surface area contributed by atoms with Crippen LogP contribution in [0.1, 0.15) is 30.4 Å². The fraction of sp³-hybridized carbons (Fsp3) is 0.300. The molecule has 5 nitrogen and oxygen atoms in total. The molecular weight excluding hydrogens is 373 g/mol. The summed E-state index contributed by atoms with van der Waals surface area (Å²) in [5.41, 5.74) is 1.55. The zero-order valence-electron chi connectivity index (χ0n) is 14.9. The van der Waals surface area contributed by atoms with E-state index in [1.165, 1.54) is 6.07 Å². The van der Waals surface area contributed by atoms with E-state index in [0.29, 0.717) is 12.2 Å². The van der Waals surface area contributed by atoms with Gasteiger partial charge in [-0.1, -0.05) is 18.2 Å². The monoisotopic (exact) mass is 392 g/mol. The number of aryl methyl sites for hydroxylation is 1. The average molecular weight is 392 g/mol. The summed E-state index contributed by atoms with van der Waals surface area (Å²) in [6, 6.07) is 10.8. The molecule has 0 saturated carbocycles. The van der Waals surface area contributed by atoms with E-state index >= 15 is 0 Å². The van der Waals surface area contributed by atoms with E-state index in [-0.39, 0.29) is 12.1 Å². The van der Waals surface area contributed by atoms with Gasteiger partial charge in [-0.3, -0.25) is 9.59 Å². The number of nitrogens with zero attached hydrogens (tertiary/aromatic N) is 1. The van der Waals surface area contributed by atoms with Crippen LogP contribution in [0.3, 0.4) is 0 Å². The Morgan fingerprint density at radius 3 is 2.54 bits per heavy atom. The van der Waals surface area contributed by atoms with Crippen LogP contribution in [0.4, 0.5) is 30.2 Å². The van der Waals surface area contributed by atoms with Crippen molar-refractivity contribution in [1.82, 2.24) is 0 Å². The van der Waals surface area contributed by atoms with Gasteiger partial charge < -0.3 is 15.3 Å². The second-order valence-electron chi connectivity index (χ2n) is 6.56. The Hall–Kier alpha value is -3.03. The zero-order valence-corrected chi connectivity index (χ0v) is 14.9. The SMILES string of the molecule is O=C(O)CCC(=O)Nc1cc(C(F)(F)F)ccc1N1CCCc2ccccc21. The molecule has 2 aromatic carbocycles. The molecular formula is C20H19F3N2O3. The minimum atomic E-state index is -4.56. The van der Waals surface area contributed by atoms with Crippen molar-refractivity contribution >= 4 is 28.9 Å². The lowest BCUT2D eigenvalue weighted by Gasteiger charge is -2.33. The van der Waals surface area contributed by atoms with Crippen LogP contribution in [0.2, 0.25) is 0 Å². The third-order valence-corrected chi connectivity index (χ3v) is 4.56. The molecule has 8 heteroatoms. The Labute approximate surface area is 159 Å². The van der Waals surface area contributed by atoms with Gasteiger partial charge in [-0.25, -0.2) is 0 Å². The highest BCUT2D eigenvalue weighted by Gasteiger charge is 2.32. The Bertz CT molecular complexity index is 897. The topological polar surface area (TPSA) is 69.6 Å². The van der Waals surface area contributed by atoms with E-state index in [4.69, 9.17) is 5.11 Å². The number of carbonyl (C=O) groups is 2. The van der Waals surface area contributed by atoms with Gasteiger partial charge in [0.2, 0.25) is 5.91 Å². The summed E-state index contributed by atoms with van der Waals surface area (Å²) in [6.45, 7) is 0.598. The van der Waals surface area contributed by atoms with E-state index in [1.54, 1.807) is 0 Å². The first-order valence-electron chi connectivity index (χ1n) is 8.84. The van der Waals surface area contributed by atoms with Crippen LogP contribution in [0.25, 0.3) is 0 Å². The molecule has 0 aliphatic carbocycles. The lowest BCUT2D eigenvalue weighted by atomic mass is 10.0. The molecule has 0 unspecified atom stereocenters. The largest absolute Gasteiger partial charge is 0.481 e. The summed E-state index contributed by atoms with van der Waals surface area (Å²) in [5.74, 6) is -1.79. The van der Waals surface area contributed by atoms with Gasteiger partial charge in [0.25, 0.3) is 0 Å². The number of amides is 1. The predicted octanol–water partition coefficient (Wildman–Crippen LogP) is 4.59. The van der Waals surface area contributed by atoms with Gasteiger partial charge in [-0.05, 0) is 42.7 Å². The molecule has 1 amide bonds. The van der Waals surface area contributed by atoms with Gasteiger partial charge in [0, 0.05) is 18.7 Å². The molecule has 0 spiro atoms. The summed E-state index contributed by atoms with van der Waals surface area (Å²) in [5, 5.41) is 11.2. The van der Waals surface area contributed by atoms with Crippen LogP contribution in [0, 0.1) is 0 Å². The van der Waals surface area contributed by atoms with Gasteiger partial charge in [-0.15, -0.1) is 0 Å². The highest BCUT2D eigenvalue weighted by Crippen LogP contribution is 2.40. The number of hydrogen-bond donors (Lipinski definition) is 2. The van der Waals surface area contributed by atoms with E-state index in [9.17, 15) is 22.8 Å². The van der Waals surface area contributed by atoms with Gasteiger partial charge >= 0.3 is 12.1 Å². The van der Waals surface area contributed by atoms with Crippen LogP contribution >= 0.6 is 0 Å². The Balaban J connectivity index is 1.99. The Kier molecular flexibility index (Phi) is 5.58. The normalized spacial score (nSPS) is 13.8. The maximum absolute atomic E-state index is 13.2. The summed E-state index contributed by atoms with van der Waals surface area (Å²) >= 11 is 0. The lowest BCUT2D eigenvalue weighted by molar-refractivity contribution is -0.138. The number of halogens is 3. The van der Waals surface area contributed by atoms with Crippen LogP contribution in [0.15, 0.2) is 42.5 Å². The maximum Gasteiger partial charge on any atom is 0.416 e. The second kappa shape index (κ2) is 7.92. The van der Waals surface area contributed by atoms with Crippen molar-refractivity contribution in [1.29, 1.82) is 0 Å². The highest BCUT2D eigenvalue weighted by atomic mass is 19.4. The van der Waals surface area contributed by atoms with Gasteiger partial charge in [-0.2, -0.15) is 13.2 Å². The van der Waals surface area contributed by atoms with Crippen molar-refractivity contribution in [3.8, 4) is 0 Å². The number of para-hydroxylation sites is 1. The summed E-state index contributed by atoms with van der Waals surface area (Å²) in [6.07, 6.45) is -3.58. The van der Waals surface area contributed by atoms with E-state index in [0.717, 1.165) is 36.2 Å². The number of nitrogens with one attached hydrogen (secondary N) is 1. The lowest BCUT2D eigenvalue weighted by Crippen LogP contribution is -2.26. The van der Waals surface area contributed by atoms with E-state index in [1.807, 2.05) is 29.2 Å². The Morgan fingerprint density at radius 1 is 1.07 bits per heavy atom. The number of alkyl halides is 3. The van der Waals surface area contributed by atoms with Crippen LogP contribution in [-0.4, -0.2) is 23.5 Å². The highest BCUT2D eigenvalue weighted by molar-refractivity contribution is 5.96. The molecule has 0 saturated heterocycles. The second-order valence-corrected chi connectivity index (χ2v) is 6.56. The number of carboxylic acid groups (broad SMARTS) is 1. The molecule has 1 aliphatic heterocycles. The summed E-state index contributed by atoms with van der Waals surface area (Å²) in [4.78, 5) is 24.6. The number of rotatable bonds is 5. The number of anilines is 3. The summed E-state index contributed by atoms with van der Waals surface area (Å²) < 4.78 is 39.5. The van der Waals surface area contributed by atoms with Crippen LogP contribution in [-0.2, 0) is 22.2 Å². The van der Waals surface area contributed by atoms with Crippen LogP contribution < -0.4 is 10.2 Å². The third kappa shape index (κ3) is 4.44. The van der Waals surface area contributed by atoms with Crippen LogP contribution in [0.5, 0.6) is 0 Å². The first-order valence-corrected chi connectivity index (χ1v) is 8.84. The molecule has 148 valence electrons. The fourth-order valence-electron chi connectivity index (χ4n) is 3.26. The first kappa shape index (κ1) is 19.7. The first-order chi connectivity index (χ1) is 13.3. The zero-order chi connectivity index (χ0) is 20.3. The van der Waals surface area contributed by atoms with Crippen molar-refractivity contribution < 1.29 is 27.9 Å². The van der Waals surface area contributed by atoms with Crippen molar-refractivity contribution in [3.63, 3.8) is 0 Å². The van der Waals surface area contributed by atoms with Gasteiger partial charge in [0.1, 0.15) is 0 Å². The van der Waals surface area contributed by atoms with Crippen molar-refractivity contribution in [2.45, 2.75) is 31.9 Å². The average Bonchev–Trinajstić information content (AvgIpc) is 2.65. The smallest absolute Gasteiger partial charge is 0.416 e. The van der Waals surface area contributed by atoms with Crippen molar-refractivity contribution in [2.75, 3.05) is 16.8 Å². The predicted molar refractivity (Wildman–Crippen MR) is 98.7 cm³/mol. The molecule has 3 rings (SSSR count). The molecule has 0 aromatic heterocycles. The molecule has 0 fully saturated rings. The van der Waals surface area contributed by atoms with E-state index in [2.05, 4.69) is 5.32 Å². The number of carboxylic acids is 1. The maximum atomic E-state index is 13.2. The number of benzene rings is 2. The van der Waals surface area contributed by atoms with Crippen molar-refractivity contribution in [3.05, 3.63) is 53.6 Å². The van der Waals surface area contributed by atoms with E-state index < -0.39 is 30.0 Å². The number of fused-ring (bicyclic) bond motifs is 1. The third-order valence-electron chi connectivity index (χ3n) is 4.56. The molecule has 2 aromatic rings. The van der Waals surface area contributed by atoms with Gasteiger partial charge in [0.15, 0.2) is 0 Å². The molecule has 0 atom stereocenters. The standard InChI is InChI=1S/C20H19F3N2O3/c21-20(22,23)14-7-8-17(15(12-14)24-18(26)9-10-19(27)28)25-11-3-5-13-4-1-2-6-16(13)25/h1-2,4,6-8,12H,3,5,9-11H2,(H,24,26)(H,27,28). The molecule has 28 heavy (non-hydrogen) atoms. The molecule has 1 heterocycles. The van der Waals surface area contributed by atoms with Crippen molar-refractivity contribution in [2.24, 2.45) is 0 Å². The molecule has 1 aliphatic rings. The molecule has 0 bridgehead atoms. The number of aliphatic carboxylic acids is 1.